The van der Waals surface area contributed by atoms with E-state index in [4.69, 9.17) is 0 Å². The molecule has 3 rings (SSSR count). The van der Waals surface area contributed by atoms with Gasteiger partial charge in [0.05, 0.1) is 11.4 Å². The second-order valence-corrected chi connectivity index (χ2v) is 7.25. The van der Waals surface area contributed by atoms with Crippen LogP contribution >= 0.6 is 0 Å². The molecule has 1 N–H and O–H groups in total. The van der Waals surface area contributed by atoms with E-state index in [-0.39, 0.29) is 37.4 Å². The van der Waals surface area contributed by atoms with Crippen molar-refractivity contribution in [3.05, 3.63) is 24.3 Å². The van der Waals surface area contributed by atoms with Crippen molar-refractivity contribution in [2.75, 3.05) is 43.4 Å². The molecular formula is C20H28N4O3. The van der Waals surface area contributed by atoms with E-state index < -0.39 is 0 Å². The Morgan fingerprint density at radius 3 is 2.44 bits per heavy atom. The van der Waals surface area contributed by atoms with Crippen LogP contribution in [0.4, 0.5) is 16.2 Å². The molecule has 0 atom stereocenters. The third-order valence-electron chi connectivity index (χ3n) is 5.14. The summed E-state index contributed by atoms with van der Waals surface area (Å²) in [6, 6.07) is 7.62. The summed E-state index contributed by atoms with van der Waals surface area (Å²) >= 11 is 0. The van der Waals surface area contributed by atoms with Gasteiger partial charge < -0.3 is 15.1 Å². The predicted octanol–water partition coefficient (Wildman–Crippen LogP) is 2.68. The Bertz CT molecular complexity index is 698. The molecule has 146 valence electrons. The van der Waals surface area contributed by atoms with Crippen molar-refractivity contribution in [3.8, 4) is 0 Å². The van der Waals surface area contributed by atoms with Gasteiger partial charge >= 0.3 is 6.03 Å². The lowest BCUT2D eigenvalue weighted by atomic mass is 10.2. The van der Waals surface area contributed by atoms with Crippen molar-refractivity contribution in [1.29, 1.82) is 0 Å². The third kappa shape index (κ3) is 4.78. The van der Waals surface area contributed by atoms with Crippen LogP contribution in [0.25, 0.3) is 0 Å². The van der Waals surface area contributed by atoms with Gasteiger partial charge in [0.1, 0.15) is 6.54 Å². The molecule has 27 heavy (non-hydrogen) atoms. The molecule has 0 aromatic heterocycles. The number of rotatable bonds is 6. The number of benzene rings is 1. The topological polar surface area (TPSA) is 73.0 Å². The molecule has 2 aliphatic rings. The first-order valence-electron chi connectivity index (χ1n) is 9.75. The first kappa shape index (κ1) is 19.2. The molecule has 7 nitrogen and oxygen atoms in total. The summed E-state index contributed by atoms with van der Waals surface area (Å²) in [5.74, 6) is -0.292. The van der Waals surface area contributed by atoms with Crippen LogP contribution in [0.3, 0.4) is 0 Å². The summed E-state index contributed by atoms with van der Waals surface area (Å²) in [7, 11) is 1.60. The average Bonchev–Trinajstić information content (AvgIpc) is 2.86. The third-order valence-corrected chi connectivity index (χ3v) is 5.14. The van der Waals surface area contributed by atoms with Gasteiger partial charge in [0.25, 0.3) is 0 Å². The largest absolute Gasteiger partial charge is 0.370 e. The molecule has 0 radical (unpaired) electrons. The van der Waals surface area contributed by atoms with Crippen molar-refractivity contribution in [2.45, 2.75) is 38.5 Å². The molecule has 2 aliphatic heterocycles. The summed E-state index contributed by atoms with van der Waals surface area (Å²) in [4.78, 5) is 41.0. The van der Waals surface area contributed by atoms with Crippen molar-refractivity contribution < 1.29 is 14.4 Å². The number of para-hydroxylation sites is 2. The number of hydrogen-bond donors (Lipinski definition) is 1. The SMILES string of the molecule is CN1CC(=O)N(CCCC(=O)Nc2ccccc2N2CCCCCC2)C1=O. The molecule has 0 aliphatic carbocycles. The van der Waals surface area contributed by atoms with Gasteiger partial charge in [-0.15, -0.1) is 0 Å². The number of hydrogen-bond acceptors (Lipinski definition) is 4. The Hall–Kier alpha value is -2.57. The van der Waals surface area contributed by atoms with Crippen LogP contribution in [0.1, 0.15) is 38.5 Å². The smallest absolute Gasteiger partial charge is 0.326 e. The van der Waals surface area contributed by atoms with E-state index in [1.54, 1.807) is 7.05 Å². The molecule has 0 unspecified atom stereocenters. The Morgan fingerprint density at radius 2 is 1.78 bits per heavy atom. The number of nitrogens with one attached hydrogen (secondary N) is 1. The lowest BCUT2D eigenvalue weighted by Crippen LogP contribution is -2.33. The zero-order valence-corrected chi connectivity index (χ0v) is 15.9. The highest BCUT2D eigenvalue weighted by Gasteiger charge is 2.32. The molecule has 0 saturated carbocycles. The van der Waals surface area contributed by atoms with Crippen molar-refractivity contribution in [1.82, 2.24) is 9.80 Å². The maximum atomic E-state index is 12.4. The molecule has 2 saturated heterocycles. The van der Waals surface area contributed by atoms with Gasteiger partial charge in [0, 0.05) is 33.1 Å². The van der Waals surface area contributed by atoms with E-state index in [0.717, 1.165) is 24.5 Å². The van der Waals surface area contributed by atoms with E-state index in [9.17, 15) is 14.4 Å². The van der Waals surface area contributed by atoms with Crippen LogP contribution in [-0.4, -0.2) is 60.9 Å². The number of anilines is 2. The number of imide groups is 1. The summed E-state index contributed by atoms with van der Waals surface area (Å²) in [5.41, 5.74) is 1.90. The fraction of sp³-hybridized carbons (Fsp3) is 0.550. The minimum atomic E-state index is -0.285. The first-order valence-corrected chi connectivity index (χ1v) is 9.75. The highest BCUT2D eigenvalue weighted by Crippen LogP contribution is 2.28. The minimum Gasteiger partial charge on any atom is -0.370 e. The molecule has 2 fully saturated rings. The molecule has 7 heteroatoms. The van der Waals surface area contributed by atoms with Crippen molar-refractivity contribution in [2.24, 2.45) is 0 Å². The fourth-order valence-electron chi connectivity index (χ4n) is 3.67. The van der Waals surface area contributed by atoms with Gasteiger partial charge in [-0.2, -0.15) is 0 Å². The van der Waals surface area contributed by atoms with Crippen molar-refractivity contribution in [3.63, 3.8) is 0 Å². The molecule has 0 bridgehead atoms. The zero-order chi connectivity index (χ0) is 19.2. The Labute approximate surface area is 160 Å². The maximum absolute atomic E-state index is 12.4. The van der Waals surface area contributed by atoms with Crippen molar-refractivity contribution >= 4 is 29.2 Å². The van der Waals surface area contributed by atoms with E-state index in [2.05, 4.69) is 16.3 Å². The number of urea groups is 1. The van der Waals surface area contributed by atoms with Gasteiger partial charge in [-0.05, 0) is 31.4 Å². The van der Waals surface area contributed by atoms with Crippen LogP contribution in [0.5, 0.6) is 0 Å². The highest BCUT2D eigenvalue weighted by atomic mass is 16.2. The standard InChI is InChI=1S/C20H28N4O3/c1-22-15-19(26)24(20(22)27)14-8-11-18(25)21-16-9-4-5-10-17(16)23-12-6-2-3-7-13-23/h4-5,9-10H,2-3,6-8,11-15H2,1H3,(H,21,25). The Kier molecular flexibility index (Phi) is 6.32. The summed E-state index contributed by atoms with van der Waals surface area (Å²) < 4.78 is 0. The predicted molar refractivity (Wildman–Crippen MR) is 105 cm³/mol. The van der Waals surface area contributed by atoms with Gasteiger partial charge in [-0.3, -0.25) is 14.5 Å². The summed E-state index contributed by atoms with van der Waals surface area (Å²) in [5, 5.41) is 3.01. The Morgan fingerprint density at radius 1 is 1.07 bits per heavy atom. The normalized spacial score (nSPS) is 18.0. The molecule has 1 aromatic carbocycles. The van der Waals surface area contributed by atoms with E-state index in [1.807, 2.05) is 18.2 Å². The Balaban J connectivity index is 1.53. The van der Waals surface area contributed by atoms with Gasteiger partial charge in [0.2, 0.25) is 11.8 Å². The monoisotopic (exact) mass is 372 g/mol. The van der Waals surface area contributed by atoms with Crippen LogP contribution in [0.15, 0.2) is 24.3 Å². The molecule has 2 heterocycles. The van der Waals surface area contributed by atoms with E-state index >= 15 is 0 Å². The maximum Gasteiger partial charge on any atom is 0.326 e. The number of carbonyl (C=O) groups excluding carboxylic acids is 3. The van der Waals surface area contributed by atoms with Crippen LogP contribution in [0, 0.1) is 0 Å². The van der Waals surface area contributed by atoms with Crippen LogP contribution in [0.2, 0.25) is 0 Å². The first-order chi connectivity index (χ1) is 13.1. The second-order valence-electron chi connectivity index (χ2n) is 7.25. The molecule has 1 aromatic rings. The number of nitrogens with zero attached hydrogens (tertiary/aromatic N) is 3. The zero-order valence-electron chi connectivity index (χ0n) is 15.9. The van der Waals surface area contributed by atoms with E-state index in [1.165, 1.54) is 35.5 Å². The van der Waals surface area contributed by atoms with Gasteiger partial charge in [-0.25, -0.2) is 4.79 Å². The van der Waals surface area contributed by atoms with Crippen LogP contribution in [-0.2, 0) is 9.59 Å². The van der Waals surface area contributed by atoms with E-state index in [0.29, 0.717) is 6.42 Å². The minimum absolute atomic E-state index is 0.0929. The fourth-order valence-corrected chi connectivity index (χ4v) is 3.67. The number of carbonyl (C=O) groups is 3. The lowest BCUT2D eigenvalue weighted by Gasteiger charge is -2.25. The number of amides is 4. The van der Waals surface area contributed by atoms with Crippen LogP contribution < -0.4 is 10.2 Å². The van der Waals surface area contributed by atoms with Gasteiger partial charge in [0.15, 0.2) is 0 Å². The summed E-state index contributed by atoms with van der Waals surface area (Å²) in [6.45, 7) is 2.43. The molecule has 0 spiro atoms. The molecule has 4 amide bonds. The second kappa shape index (κ2) is 8.88. The molecular weight excluding hydrogens is 344 g/mol. The lowest BCUT2D eigenvalue weighted by molar-refractivity contribution is -0.125. The van der Waals surface area contributed by atoms with Gasteiger partial charge in [-0.1, -0.05) is 25.0 Å². The number of likely N-dealkylation sites (N-methyl/N-ethyl adjacent to an activating group) is 1. The summed E-state index contributed by atoms with van der Waals surface area (Å²) in [6.07, 6.45) is 5.60. The average molecular weight is 372 g/mol. The quantitative estimate of drug-likeness (QED) is 0.779. The highest BCUT2D eigenvalue weighted by molar-refractivity contribution is 6.01.